The number of benzene rings is 1. The van der Waals surface area contributed by atoms with Crippen LogP contribution in [0, 0.1) is 21.3 Å². The van der Waals surface area contributed by atoms with Crippen molar-refractivity contribution in [1.82, 2.24) is 4.90 Å². The van der Waals surface area contributed by atoms with Gasteiger partial charge in [0.25, 0.3) is 5.91 Å². The van der Waals surface area contributed by atoms with Crippen molar-refractivity contribution in [2.24, 2.45) is 23.5 Å². The molecule has 182 valence electrons. The fourth-order valence-electron chi connectivity index (χ4n) is 5.66. The molecule has 0 fully saturated rings. The molecule has 1 unspecified atom stereocenters. The third-order valence-corrected chi connectivity index (χ3v) is 8.14. The average molecular weight is 580 g/mol. The van der Waals surface area contributed by atoms with E-state index in [2.05, 4.69) is 29.5 Å². The minimum Gasteiger partial charge on any atom is -0.511 e. The van der Waals surface area contributed by atoms with Gasteiger partial charge in [0.1, 0.15) is 22.8 Å². The molecule has 1 amide bonds. The number of carbonyl (C=O) groups excluding carboxylic acids is 3. The maximum Gasteiger partial charge on any atom is 0.255 e. The molecule has 1 aromatic rings. The predicted molar refractivity (Wildman–Crippen MR) is 134 cm³/mol. The van der Waals surface area contributed by atoms with Crippen LogP contribution < -0.4 is 10.5 Å². The van der Waals surface area contributed by atoms with Crippen LogP contribution >= 0.6 is 22.6 Å². The van der Waals surface area contributed by atoms with Crippen molar-refractivity contribution < 1.29 is 29.3 Å². The molecule has 0 saturated carbocycles. The Kier molecular flexibility index (Phi) is 6.78. The van der Waals surface area contributed by atoms with Gasteiger partial charge in [0.05, 0.1) is 24.1 Å². The van der Waals surface area contributed by atoms with Gasteiger partial charge in [-0.1, -0.05) is 13.3 Å². The molecule has 1 aromatic carbocycles. The molecule has 8 nitrogen and oxygen atoms in total. The van der Waals surface area contributed by atoms with E-state index in [1.165, 1.54) is 0 Å². The number of ketones is 2. The smallest absolute Gasteiger partial charge is 0.255 e. The Morgan fingerprint density at radius 1 is 1.24 bits per heavy atom. The van der Waals surface area contributed by atoms with Gasteiger partial charge in [0.2, 0.25) is 0 Å². The van der Waals surface area contributed by atoms with Crippen LogP contribution in [0.4, 0.5) is 0 Å². The highest BCUT2D eigenvalue weighted by Gasteiger charge is 2.54. The number of aliphatic hydroxyl groups is 2. The van der Waals surface area contributed by atoms with Crippen LogP contribution in [0.1, 0.15) is 42.1 Å². The molecule has 0 aromatic heterocycles. The van der Waals surface area contributed by atoms with Crippen molar-refractivity contribution in [1.29, 1.82) is 0 Å². The van der Waals surface area contributed by atoms with Crippen molar-refractivity contribution in [3.63, 3.8) is 0 Å². The number of amides is 1. The zero-order valence-electron chi connectivity index (χ0n) is 19.4. The minimum atomic E-state index is -1.12. The number of nitrogens with two attached hydrogens (primary N) is 1. The van der Waals surface area contributed by atoms with Crippen LogP contribution in [-0.2, 0) is 16.0 Å². The number of unbranched alkanes of at least 4 members (excludes halogenated alkanes) is 1. The quantitative estimate of drug-likeness (QED) is 0.268. The molecule has 0 saturated heterocycles. The summed E-state index contributed by atoms with van der Waals surface area (Å²) in [5.74, 6) is -4.29. The number of halogens is 1. The number of ether oxygens (including phenoxy) is 1. The first-order valence-electron chi connectivity index (χ1n) is 11.5. The number of fused-ring (bicyclic) bond motifs is 3. The van der Waals surface area contributed by atoms with E-state index in [1.807, 2.05) is 6.07 Å². The zero-order valence-corrected chi connectivity index (χ0v) is 21.6. The molecule has 0 aliphatic heterocycles. The Morgan fingerprint density at radius 3 is 2.56 bits per heavy atom. The lowest BCUT2D eigenvalue weighted by molar-refractivity contribution is -0.127. The van der Waals surface area contributed by atoms with E-state index in [-0.39, 0.29) is 28.8 Å². The largest absolute Gasteiger partial charge is 0.511 e. The molecule has 34 heavy (non-hydrogen) atoms. The molecule has 3 aliphatic rings. The second kappa shape index (κ2) is 9.33. The Labute approximate surface area is 212 Å². The Balaban J connectivity index is 1.84. The molecule has 9 heteroatoms. The first kappa shape index (κ1) is 24.7. The van der Waals surface area contributed by atoms with Crippen molar-refractivity contribution in [3.05, 3.63) is 49.5 Å². The fourth-order valence-corrected chi connectivity index (χ4v) is 6.33. The van der Waals surface area contributed by atoms with E-state index in [0.29, 0.717) is 30.8 Å². The van der Waals surface area contributed by atoms with E-state index >= 15 is 0 Å². The van der Waals surface area contributed by atoms with Gasteiger partial charge in [0, 0.05) is 9.14 Å². The van der Waals surface area contributed by atoms with Crippen LogP contribution in [0.5, 0.6) is 5.75 Å². The second-order valence-electron chi connectivity index (χ2n) is 9.40. The Hall–Kier alpha value is -2.40. The van der Waals surface area contributed by atoms with Gasteiger partial charge in [-0.05, 0) is 85.5 Å². The number of aliphatic hydroxyl groups excluding tert-OH is 2. The number of hydrogen-bond donors (Lipinski definition) is 3. The van der Waals surface area contributed by atoms with Crippen molar-refractivity contribution in [2.45, 2.75) is 38.6 Å². The molecular formula is C25H29IN2O6. The van der Waals surface area contributed by atoms with Gasteiger partial charge in [-0.3, -0.25) is 19.3 Å². The van der Waals surface area contributed by atoms with Gasteiger partial charge in [-0.15, -0.1) is 0 Å². The first-order chi connectivity index (χ1) is 16.1. The highest BCUT2D eigenvalue weighted by molar-refractivity contribution is 14.1. The predicted octanol–water partition coefficient (Wildman–Crippen LogP) is 3.08. The van der Waals surface area contributed by atoms with Crippen LogP contribution in [0.3, 0.4) is 0 Å². The Morgan fingerprint density at radius 2 is 1.94 bits per heavy atom. The number of likely N-dealkylation sites (N-methyl/N-ethyl adjacent to an activating group) is 1. The van der Waals surface area contributed by atoms with E-state index in [0.717, 1.165) is 22.0 Å². The summed E-state index contributed by atoms with van der Waals surface area (Å²) in [6.45, 7) is 2.53. The summed E-state index contributed by atoms with van der Waals surface area (Å²) >= 11 is 2.20. The van der Waals surface area contributed by atoms with Crippen LogP contribution in [0.25, 0.3) is 0 Å². The lowest BCUT2D eigenvalue weighted by Crippen LogP contribution is -2.53. The van der Waals surface area contributed by atoms with Gasteiger partial charge in [-0.25, -0.2) is 0 Å². The van der Waals surface area contributed by atoms with E-state index in [1.54, 1.807) is 25.1 Å². The van der Waals surface area contributed by atoms with Crippen molar-refractivity contribution in [2.75, 3.05) is 20.7 Å². The van der Waals surface area contributed by atoms with Crippen molar-refractivity contribution in [3.8, 4) is 5.75 Å². The number of hydrogen-bond acceptors (Lipinski definition) is 7. The van der Waals surface area contributed by atoms with E-state index in [4.69, 9.17) is 10.5 Å². The third kappa shape index (κ3) is 3.82. The number of rotatable bonds is 6. The molecule has 0 bridgehead atoms. The summed E-state index contributed by atoms with van der Waals surface area (Å²) in [4.78, 5) is 40.7. The van der Waals surface area contributed by atoms with Gasteiger partial charge >= 0.3 is 0 Å². The topological polar surface area (TPSA) is 130 Å². The lowest BCUT2D eigenvalue weighted by atomic mass is 9.61. The number of allylic oxidation sites excluding steroid dienone is 2. The number of Topliss-reactive ketones (excluding diaryl/α,β-unsaturated/α-hetero) is 2. The van der Waals surface area contributed by atoms with Gasteiger partial charge in [-0.2, -0.15) is 0 Å². The maximum atomic E-state index is 13.8. The van der Waals surface area contributed by atoms with Gasteiger partial charge in [0.15, 0.2) is 11.6 Å². The lowest BCUT2D eigenvalue weighted by Gasteiger charge is -2.46. The summed E-state index contributed by atoms with van der Waals surface area (Å²) in [7, 11) is 3.46. The standard InChI is InChI=1S/C25H29IN2O6/c1-4-5-8-34-15-7-6-14(26)12-9-11-10-13-18(22(30)16(11)21(29)17(12)15)23(31)19(25(27)33)24(32)20(13)28(2)3/h6-7,11,13,18,20,30,32H,4-5,8-10H2,1-3H3,(H2,27,33)/t11-,13+,18?,20-/m0/s1. The molecule has 0 spiro atoms. The maximum absolute atomic E-state index is 13.8. The highest BCUT2D eigenvalue weighted by Crippen LogP contribution is 2.50. The van der Waals surface area contributed by atoms with Crippen molar-refractivity contribution >= 4 is 40.1 Å². The zero-order chi connectivity index (χ0) is 24.9. The third-order valence-electron chi connectivity index (χ3n) is 7.13. The monoisotopic (exact) mass is 580 g/mol. The summed E-state index contributed by atoms with van der Waals surface area (Å²) in [5.41, 5.74) is 6.42. The summed E-state index contributed by atoms with van der Waals surface area (Å²) in [5, 5.41) is 22.1. The molecule has 3 aliphatic carbocycles. The highest BCUT2D eigenvalue weighted by atomic mass is 127. The van der Waals surface area contributed by atoms with E-state index in [9.17, 15) is 24.6 Å². The molecule has 4 atom stereocenters. The van der Waals surface area contributed by atoms with Crippen LogP contribution in [0.15, 0.2) is 34.8 Å². The van der Waals surface area contributed by atoms with E-state index < -0.39 is 35.1 Å². The summed E-state index contributed by atoms with van der Waals surface area (Å²) in [6, 6.07) is 3.01. The molecule has 0 radical (unpaired) electrons. The minimum absolute atomic E-state index is 0.201. The first-order valence-corrected chi connectivity index (χ1v) is 12.5. The molecule has 4 N–H and O–H groups in total. The summed E-state index contributed by atoms with van der Waals surface area (Å²) in [6.07, 6.45) is 2.71. The SMILES string of the molecule is CCCCOc1ccc(I)c2c1C(=O)C1=C(O)C3C(=O)C(C(N)=O)=C(O)[C@@H](N(C)C)[C@@H]3C[C@@H]1C2. The van der Waals surface area contributed by atoms with Gasteiger partial charge < -0.3 is 20.7 Å². The second-order valence-corrected chi connectivity index (χ2v) is 10.6. The fraction of sp³-hybridized carbons (Fsp3) is 0.480. The molecule has 0 heterocycles. The van der Waals surface area contributed by atoms with Crippen LogP contribution in [-0.4, -0.2) is 59.3 Å². The molecule has 4 rings (SSSR count). The Bertz CT molecular complexity index is 1140. The summed E-state index contributed by atoms with van der Waals surface area (Å²) < 4.78 is 6.86. The molecular weight excluding hydrogens is 551 g/mol. The average Bonchev–Trinajstić information content (AvgIpc) is 2.74. The van der Waals surface area contributed by atoms with Crippen LogP contribution in [0.2, 0.25) is 0 Å². The number of nitrogens with zero attached hydrogens (tertiary/aromatic N) is 1. The normalized spacial score (nSPS) is 26.4. The number of primary amides is 1. The number of carbonyl (C=O) groups is 3.